The van der Waals surface area contributed by atoms with Gasteiger partial charge in [-0.2, -0.15) is 0 Å². The van der Waals surface area contributed by atoms with Crippen LogP contribution in [0.1, 0.15) is 12.8 Å². The molecule has 0 aromatic rings. The summed E-state index contributed by atoms with van der Waals surface area (Å²) >= 11 is 5.40. The highest BCUT2D eigenvalue weighted by Gasteiger charge is 2.36. The minimum Gasteiger partial charge on any atom is -0.352 e. The van der Waals surface area contributed by atoms with Gasteiger partial charge in [0.1, 0.15) is 5.88 Å². The fourth-order valence-corrected chi connectivity index (χ4v) is 2.27. The first-order valence-electron chi connectivity index (χ1n) is 4.33. The van der Waals surface area contributed by atoms with Gasteiger partial charge in [-0.1, -0.05) is 12.2 Å². The van der Waals surface area contributed by atoms with Crippen molar-refractivity contribution in [2.24, 2.45) is 11.8 Å². The fourth-order valence-electron chi connectivity index (χ4n) is 2.19. The molecular weight excluding hydrogens is 174 g/mol. The normalized spacial score (nSPS) is 37.2. The van der Waals surface area contributed by atoms with Gasteiger partial charge >= 0.3 is 0 Å². The summed E-state index contributed by atoms with van der Waals surface area (Å²) in [6, 6.07) is 0.353. The Labute approximate surface area is 77.0 Å². The van der Waals surface area contributed by atoms with Gasteiger partial charge in [0.2, 0.25) is 5.91 Å². The number of carbonyl (C=O) groups excluding carboxylic acids is 1. The van der Waals surface area contributed by atoms with Crippen LogP contribution >= 0.6 is 11.6 Å². The monoisotopic (exact) mass is 185 g/mol. The summed E-state index contributed by atoms with van der Waals surface area (Å²) in [4.78, 5) is 11.0. The summed E-state index contributed by atoms with van der Waals surface area (Å²) in [7, 11) is 0. The molecule has 66 valence electrons. The molecule has 0 aromatic heterocycles. The molecular formula is C9H12ClNO. The summed E-state index contributed by atoms with van der Waals surface area (Å²) in [6.07, 6.45) is 6.79. The average Bonchev–Trinajstić information content (AvgIpc) is 2.64. The van der Waals surface area contributed by atoms with E-state index in [0.717, 1.165) is 6.42 Å². The van der Waals surface area contributed by atoms with E-state index in [1.165, 1.54) is 6.42 Å². The second kappa shape index (κ2) is 3.09. The summed E-state index contributed by atoms with van der Waals surface area (Å²) in [5.41, 5.74) is 0. The van der Waals surface area contributed by atoms with E-state index in [-0.39, 0.29) is 11.8 Å². The summed E-state index contributed by atoms with van der Waals surface area (Å²) in [5.74, 6) is 1.32. The Morgan fingerprint density at radius 1 is 1.50 bits per heavy atom. The van der Waals surface area contributed by atoms with Crippen LogP contribution in [0.3, 0.4) is 0 Å². The minimum atomic E-state index is -0.0392. The van der Waals surface area contributed by atoms with Crippen LogP contribution < -0.4 is 5.32 Å². The molecule has 0 unspecified atom stereocenters. The van der Waals surface area contributed by atoms with E-state index in [9.17, 15) is 4.79 Å². The lowest BCUT2D eigenvalue weighted by Gasteiger charge is -2.18. The zero-order valence-electron chi connectivity index (χ0n) is 6.79. The Bertz CT molecular complexity index is 227. The highest BCUT2D eigenvalue weighted by Crippen LogP contribution is 2.38. The molecule has 2 aliphatic rings. The van der Waals surface area contributed by atoms with E-state index in [1.807, 2.05) is 0 Å². The van der Waals surface area contributed by atoms with Crippen molar-refractivity contribution in [3.63, 3.8) is 0 Å². The molecule has 2 bridgehead atoms. The molecule has 1 saturated carbocycles. The predicted octanol–water partition coefficient (Wildman–Crippen LogP) is 1.31. The molecule has 1 N–H and O–H groups in total. The molecule has 2 nitrogen and oxygen atoms in total. The number of allylic oxidation sites excluding steroid dienone is 1. The Balaban J connectivity index is 1.91. The zero-order valence-corrected chi connectivity index (χ0v) is 7.55. The maximum absolute atomic E-state index is 11.0. The van der Waals surface area contributed by atoms with Crippen LogP contribution in [0.4, 0.5) is 0 Å². The number of carbonyl (C=O) groups is 1. The molecule has 0 heterocycles. The maximum atomic E-state index is 11.0. The van der Waals surface area contributed by atoms with E-state index in [2.05, 4.69) is 17.5 Å². The SMILES string of the molecule is O=C(CCl)N[C@H]1C[C@H]2C=C[C@@H]1C2. The number of alkyl halides is 1. The zero-order chi connectivity index (χ0) is 8.55. The quantitative estimate of drug-likeness (QED) is 0.510. The average molecular weight is 186 g/mol. The lowest BCUT2D eigenvalue weighted by atomic mass is 10.0. The molecule has 1 amide bonds. The maximum Gasteiger partial charge on any atom is 0.235 e. The summed E-state index contributed by atoms with van der Waals surface area (Å²) in [6.45, 7) is 0. The molecule has 0 spiro atoms. The van der Waals surface area contributed by atoms with Crippen molar-refractivity contribution in [1.29, 1.82) is 0 Å². The van der Waals surface area contributed by atoms with E-state index >= 15 is 0 Å². The van der Waals surface area contributed by atoms with Crippen molar-refractivity contribution in [2.75, 3.05) is 5.88 Å². The van der Waals surface area contributed by atoms with Gasteiger partial charge in [-0.15, -0.1) is 11.6 Å². The number of rotatable bonds is 2. The predicted molar refractivity (Wildman–Crippen MR) is 48.0 cm³/mol. The van der Waals surface area contributed by atoms with Crippen molar-refractivity contribution in [2.45, 2.75) is 18.9 Å². The van der Waals surface area contributed by atoms with Crippen molar-refractivity contribution >= 4 is 17.5 Å². The Morgan fingerprint density at radius 2 is 2.33 bits per heavy atom. The number of hydrogen-bond acceptors (Lipinski definition) is 1. The molecule has 1 fully saturated rings. The lowest BCUT2D eigenvalue weighted by molar-refractivity contribution is -0.119. The molecule has 3 heteroatoms. The van der Waals surface area contributed by atoms with Gasteiger partial charge in [0, 0.05) is 6.04 Å². The molecule has 0 aliphatic heterocycles. The van der Waals surface area contributed by atoms with Crippen LogP contribution in [0.5, 0.6) is 0 Å². The third-order valence-corrected chi connectivity index (χ3v) is 2.99. The second-order valence-corrected chi connectivity index (χ2v) is 3.86. The number of nitrogens with one attached hydrogen (secondary N) is 1. The fraction of sp³-hybridized carbons (Fsp3) is 0.667. The number of halogens is 1. The van der Waals surface area contributed by atoms with Gasteiger partial charge in [-0.3, -0.25) is 4.79 Å². The third-order valence-electron chi connectivity index (χ3n) is 2.75. The van der Waals surface area contributed by atoms with Crippen LogP contribution in [-0.2, 0) is 4.79 Å². The number of amides is 1. The van der Waals surface area contributed by atoms with E-state index < -0.39 is 0 Å². The molecule has 3 atom stereocenters. The van der Waals surface area contributed by atoms with Gasteiger partial charge in [0.05, 0.1) is 0 Å². The molecule has 0 radical (unpaired) electrons. The van der Waals surface area contributed by atoms with Gasteiger partial charge < -0.3 is 5.32 Å². The lowest BCUT2D eigenvalue weighted by Crippen LogP contribution is -2.38. The van der Waals surface area contributed by atoms with Gasteiger partial charge in [-0.05, 0) is 24.7 Å². The van der Waals surface area contributed by atoms with E-state index in [4.69, 9.17) is 11.6 Å². The number of hydrogen-bond donors (Lipinski definition) is 1. The van der Waals surface area contributed by atoms with Gasteiger partial charge in [-0.25, -0.2) is 0 Å². The minimum absolute atomic E-state index is 0.0392. The van der Waals surface area contributed by atoms with Crippen LogP contribution in [0.15, 0.2) is 12.2 Å². The largest absolute Gasteiger partial charge is 0.352 e. The molecule has 12 heavy (non-hydrogen) atoms. The third kappa shape index (κ3) is 1.36. The standard InChI is InChI=1S/C9H12ClNO/c10-5-9(12)11-8-4-6-1-2-7(8)3-6/h1-2,6-8H,3-5H2,(H,11,12)/t6-,7+,8-/m0/s1. The highest BCUT2D eigenvalue weighted by molar-refractivity contribution is 6.27. The Kier molecular flexibility index (Phi) is 2.09. The van der Waals surface area contributed by atoms with Crippen molar-refractivity contribution in [1.82, 2.24) is 5.32 Å². The second-order valence-electron chi connectivity index (χ2n) is 3.59. The molecule has 0 aromatic carbocycles. The van der Waals surface area contributed by atoms with Crippen molar-refractivity contribution in [3.05, 3.63) is 12.2 Å². The number of fused-ring (bicyclic) bond motifs is 2. The molecule has 0 saturated heterocycles. The molecule has 2 rings (SSSR count). The topological polar surface area (TPSA) is 29.1 Å². The van der Waals surface area contributed by atoms with Crippen LogP contribution in [-0.4, -0.2) is 17.8 Å². The first-order valence-corrected chi connectivity index (χ1v) is 4.86. The molecule has 2 aliphatic carbocycles. The van der Waals surface area contributed by atoms with Crippen molar-refractivity contribution < 1.29 is 4.79 Å². The highest BCUT2D eigenvalue weighted by atomic mass is 35.5. The van der Waals surface area contributed by atoms with Crippen LogP contribution in [0.25, 0.3) is 0 Å². The first kappa shape index (κ1) is 8.11. The Hall–Kier alpha value is -0.500. The van der Waals surface area contributed by atoms with Crippen molar-refractivity contribution in [3.8, 4) is 0 Å². The summed E-state index contributed by atoms with van der Waals surface area (Å²) in [5, 5.41) is 2.94. The van der Waals surface area contributed by atoms with Gasteiger partial charge in [0.25, 0.3) is 0 Å². The smallest absolute Gasteiger partial charge is 0.235 e. The van der Waals surface area contributed by atoms with Crippen LogP contribution in [0.2, 0.25) is 0 Å². The van der Waals surface area contributed by atoms with E-state index in [0.29, 0.717) is 17.9 Å². The summed E-state index contributed by atoms with van der Waals surface area (Å²) < 4.78 is 0. The first-order chi connectivity index (χ1) is 5.79. The van der Waals surface area contributed by atoms with E-state index in [1.54, 1.807) is 0 Å². The Morgan fingerprint density at radius 3 is 2.83 bits per heavy atom. The van der Waals surface area contributed by atoms with Gasteiger partial charge in [0.15, 0.2) is 0 Å². The van der Waals surface area contributed by atoms with Crippen LogP contribution in [0, 0.1) is 11.8 Å².